The van der Waals surface area contributed by atoms with Gasteiger partial charge in [-0.05, 0) is 24.3 Å². The maximum Gasteiger partial charge on any atom is 0.229 e. The quantitative estimate of drug-likeness (QED) is 0.855. The van der Waals surface area contributed by atoms with Crippen molar-refractivity contribution >= 4 is 11.8 Å². The first-order chi connectivity index (χ1) is 7.66. The summed E-state index contributed by atoms with van der Waals surface area (Å²) >= 11 is 1.84. The summed E-state index contributed by atoms with van der Waals surface area (Å²) in [5, 5.41) is 7.89. The third-order valence-corrected chi connectivity index (χ3v) is 4.03. The first kappa shape index (κ1) is 11.9. The molecule has 1 saturated heterocycles. The lowest BCUT2D eigenvalue weighted by Gasteiger charge is -2.30. The van der Waals surface area contributed by atoms with Crippen LogP contribution in [0.1, 0.15) is 38.4 Å². The Morgan fingerprint density at radius 1 is 1.44 bits per heavy atom. The number of hydrogen-bond donors (Lipinski definition) is 1. The lowest BCUT2D eigenvalue weighted by molar-refractivity contribution is 0.252. The van der Waals surface area contributed by atoms with Gasteiger partial charge in [-0.1, -0.05) is 25.9 Å². The largest absolute Gasteiger partial charge is 0.339 e. The fourth-order valence-electron chi connectivity index (χ4n) is 1.62. The van der Waals surface area contributed by atoms with Gasteiger partial charge in [-0.2, -0.15) is 16.7 Å². The molecule has 16 heavy (non-hydrogen) atoms. The number of thioether (sulfide) groups is 1. The van der Waals surface area contributed by atoms with Crippen LogP contribution in [-0.4, -0.2) is 28.5 Å². The van der Waals surface area contributed by atoms with E-state index in [0.29, 0.717) is 17.1 Å². The van der Waals surface area contributed by atoms with Gasteiger partial charge in [-0.15, -0.1) is 0 Å². The summed E-state index contributed by atoms with van der Waals surface area (Å²) in [4.78, 5) is 4.46. The summed E-state index contributed by atoms with van der Waals surface area (Å²) in [5.74, 6) is 3.51. The lowest BCUT2D eigenvalue weighted by Crippen LogP contribution is -2.44. The third kappa shape index (κ3) is 2.77. The first-order valence-electron chi connectivity index (χ1n) is 5.81. The molecular formula is C11H19N3OS. The number of nitrogens with one attached hydrogen (secondary N) is 1. The topological polar surface area (TPSA) is 51.0 Å². The van der Waals surface area contributed by atoms with Gasteiger partial charge in [0.1, 0.15) is 0 Å². The van der Waals surface area contributed by atoms with Gasteiger partial charge in [-0.3, -0.25) is 0 Å². The van der Waals surface area contributed by atoms with Crippen LogP contribution in [-0.2, 0) is 5.75 Å². The van der Waals surface area contributed by atoms with Crippen molar-refractivity contribution in [1.82, 2.24) is 15.5 Å². The van der Waals surface area contributed by atoms with Crippen molar-refractivity contribution in [3.05, 3.63) is 11.7 Å². The number of aromatic nitrogens is 2. The van der Waals surface area contributed by atoms with Crippen LogP contribution in [0.3, 0.4) is 0 Å². The highest BCUT2D eigenvalue weighted by Gasteiger charge is 2.28. The second kappa shape index (κ2) is 5.19. The highest BCUT2D eigenvalue weighted by atomic mass is 32.2. The molecular weight excluding hydrogens is 222 g/mol. The molecule has 0 spiro atoms. The van der Waals surface area contributed by atoms with Gasteiger partial charge < -0.3 is 9.84 Å². The Morgan fingerprint density at radius 2 is 2.19 bits per heavy atom. The standard InChI is InChI=1S/C11H19N3OS/c1-7(2)16-6-10-13-11(15-14-10)8(3)9-4-12-5-9/h7-9,12H,4-6H2,1-3H3. The Kier molecular flexibility index (Phi) is 3.86. The van der Waals surface area contributed by atoms with Gasteiger partial charge in [-0.25, -0.2) is 0 Å². The van der Waals surface area contributed by atoms with Gasteiger partial charge in [0.15, 0.2) is 5.82 Å². The summed E-state index contributed by atoms with van der Waals surface area (Å²) in [7, 11) is 0. The molecule has 1 aromatic heterocycles. The van der Waals surface area contributed by atoms with Crippen LogP contribution in [0.2, 0.25) is 0 Å². The molecule has 1 aliphatic heterocycles. The third-order valence-electron chi connectivity index (χ3n) is 2.94. The number of nitrogens with zero attached hydrogens (tertiary/aromatic N) is 2. The average molecular weight is 241 g/mol. The maximum atomic E-state index is 5.31. The Hall–Kier alpha value is -0.550. The number of hydrogen-bond acceptors (Lipinski definition) is 5. The molecule has 2 heterocycles. The fraction of sp³-hybridized carbons (Fsp3) is 0.818. The van der Waals surface area contributed by atoms with E-state index in [4.69, 9.17) is 4.52 Å². The van der Waals surface area contributed by atoms with Gasteiger partial charge in [0.05, 0.1) is 5.75 Å². The maximum absolute atomic E-state index is 5.31. The molecule has 5 heteroatoms. The zero-order valence-electron chi connectivity index (χ0n) is 10.1. The van der Waals surface area contributed by atoms with E-state index in [2.05, 4.69) is 36.2 Å². The van der Waals surface area contributed by atoms with E-state index in [1.54, 1.807) is 0 Å². The second-order valence-corrected chi connectivity index (χ2v) is 6.18. The molecule has 1 atom stereocenters. The second-order valence-electron chi connectivity index (χ2n) is 4.62. The Bertz CT molecular complexity index is 336. The summed E-state index contributed by atoms with van der Waals surface area (Å²) in [6.45, 7) is 8.65. The predicted molar refractivity (Wildman–Crippen MR) is 65.5 cm³/mol. The van der Waals surface area contributed by atoms with Gasteiger partial charge in [0.2, 0.25) is 5.89 Å². The van der Waals surface area contributed by atoms with E-state index in [-0.39, 0.29) is 0 Å². The lowest BCUT2D eigenvalue weighted by atomic mass is 9.89. The molecule has 2 rings (SSSR count). The predicted octanol–water partition coefficient (Wildman–Crippen LogP) is 2.03. The molecule has 0 aliphatic carbocycles. The van der Waals surface area contributed by atoms with Gasteiger partial charge >= 0.3 is 0 Å². The molecule has 1 aromatic rings. The first-order valence-corrected chi connectivity index (χ1v) is 6.86. The molecule has 1 fully saturated rings. The molecule has 1 aliphatic rings. The molecule has 0 amide bonds. The smallest absolute Gasteiger partial charge is 0.229 e. The van der Waals surface area contributed by atoms with E-state index >= 15 is 0 Å². The molecule has 0 aromatic carbocycles. The Morgan fingerprint density at radius 3 is 2.75 bits per heavy atom. The van der Waals surface area contributed by atoms with Crippen molar-refractivity contribution in [2.45, 2.75) is 37.7 Å². The summed E-state index contributed by atoms with van der Waals surface area (Å²) in [5.41, 5.74) is 0. The molecule has 0 bridgehead atoms. The molecule has 4 nitrogen and oxygen atoms in total. The van der Waals surface area contributed by atoms with Crippen molar-refractivity contribution in [3.63, 3.8) is 0 Å². The zero-order valence-corrected chi connectivity index (χ0v) is 10.9. The van der Waals surface area contributed by atoms with Crippen LogP contribution >= 0.6 is 11.8 Å². The minimum Gasteiger partial charge on any atom is -0.339 e. The molecule has 1 unspecified atom stereocenters. The van der Waals surface area contributed by atoms with Crippen LogP contribution in [0.4, 0.5) is 0 Å². The van der Waals surface area contributed by atoms with E-state index in [1.165, 1.54) is 0 Å². The van der Waals surface area contributed by atoms with Crippen molar-refractivity contribution in [1.29, 1.82) is 0 Å². The van der Waals surface area contributed by atoms with E-state index in [1.807, 2.05) is 11.8 Å². The zero-order chi connectivity index (χ0) is 11.5. The van der Waals surface area contributed by atoms with Crippen molar-refractivity contribution < 1.29 is 4.52 Å². The van der Waals surface area contributed by atoms with Crippen LogP contribution in [0.5, 0.6) is 0 Å². The van der Waals surface area contributed by atoms with Crippen LogP contribution < -0.4 is 5.32 Å². The van der Waals surface area contributed by atoms with Crippen molar-refractivity contribution in [2.24, 2.45) is 5.92 Å². The minimum absolute atomic E-state index is 0.381. The minimum atomic E-state index is 0.381. The van der Waals surface area contributed by atoms with Crippen LogP contribution in [0, 0.1) is 5.92 Å². The Balaban J connectivity index is 1.90. The highest BCUT2D eigenvalue weighted by Crippen LogP contribution is 2.26. The molecule has 0 radical (unpaired) electrons. The van der Waals surface area contributed by atoms with Crippen molar-refractivity contribution in [2.75, 3.05) is 13.1 Å². The Labute approximate surface area is 101 Å². The average Bonchev–Trinajstić information content (AvgIpc) is 2.60. The monoisotopic (exact) mass is 241 g/mol. The fourth-order valence-corrected chi connectivity index (χ4v) is 2.22. The van der Waals surface area contributed by atoms with Crippen molar-refractivity contribution in [3.8, 4) is 0 Å². The van der Waals surface area contributed by atoms with Gasteiger partial charge in [0, 0.05) is 5.92 Å². The van der Waals surface area contributed by atoms with Crippen LogP contribution in [0.25, 0.3) is 0 Å². The van der Waals surface area contributed by atoms with E-state index in [0.717, 1.165) is 30.6 Å². The molecule has 0 saturated carbocycles. The number of rotatable bonds is 5. The molecule has 1 N–H and O–H groups in total. The summed E-state index contributed by atoms with van der Waals surface area (Å²) in [6.07, 6.45) is 0. The normalized spacial score (nSPS) is 18.8. The summed E-state index contributed by atoms with van der Waals surface area (Å²) < 4.78 is 5.31. The SMILES string of the molecule is CC(C)SCc1noc(C(C)C2CNC2)n1. The van der Waals surface area contributed by atoms with E-state index < -0.39 is 0 Å². The summed E-state index contributed by atoms with van der Waals surface area (Å²) in [6, 6.07) is 0. The molecule has 90 valence electrons. The van der Waals surface area contributed by atoms with Crippen LogP contribution in [0.15, 0.2) is 4.52 Å². The van der Waals surface area contributed by atoms with E-state index in [9.17, 15) is 0 Å². The van der Waals surface area contributed by atoms with Gasteiger partial charge in [0.25, 0.3) is 0 Å². The highest BCUT2D eigenvalue weighted by molar-refractivity contribution is 7.99.